The number of Topliss-reactive ketones (excluding diaryl/α,β-unsaturated/α-hetero) is 1. The fourth-order valence-electron chi connectivity index (χ4n) is 17.9. The summed E-state index contributed by atoms with van der Waals surface area (Å²) in [5.41, 5.74) is 39.2. The number of hydrogen-bond acceptors (Lipinski definition) is 13. The third-order valence-electron chi connectivity index (χ3n) is 26.0. The molecule has 1 saturated heterocycles. The summed E-state index contributed by atoms with van der Waals surface area (Å²) in [6.45, 7) is 8.30. The lowest BCUT2D eigenvalue weighted by Gasteiger charge is -2.32. The second-order valence-corrected chi connectivity index (χ2v) is 39.5. The van der Waals surface area contributed by atoms with Gasteiger partial charge in [0.25, 0.3) is 0 Å². The summed E-state index contributed by atoms with van der Waals surface area (Å²) in [4.78, 5) is 51.3. The molecule has 0 bridgehead atoms. The maximum Gasteiger partial charge on any atom is 0.494 e. The summed E-state index contributed by atoms with van der Waals surface area (Å²) in [5.74, 6) is 0.632. The van der Waals surface area contributed by atoms with Gasteiger partial charge in [-0.05, 0) is 179 Å². The first kappa shape index (κ1) is 95.0. The van der Waals surface area contributed by atoms with E-state index in [0.29, 0.717) is 17.8 Å². The van der Waals surface area contributed by atoms with Crippen molar-refractivity contribution in [2.45, 2.75) is 45.3 Å². The number of benzene rings is 12. The van der Waals surface area contributed by atoms with Gasteiger partial charge in [-0.15, -0.1) is 0 Å². The fraction of sp³-hybridized carbons (Fsp3) is 0.0574. The average molecular weight is 2150 g/mol. The van der Waals surface area contributed by atoms with Gasteiger partial charge in [-0.2, -0.15) is 0 Å². The Morgan fingerprint density at radius 3 is 1.09 bits per heavy atom. The van der Waals surface area contributed by atoms with Crippen molar-refractivity contribution in [3.05, 3.63) is 479 Å². The number of pyridine rings is 8. The predicted octanol–water partition coefficient (Wildman–Crippen LogP) is 30.1. The number of nitrogens with two attached hydrogens (primary N) is 2. The lowest BCUT2D eigenvalue weighted by atomic mass is 9.78. The molecule has 145 heavy (non-hydrogen) atoms. The molecule has 14 heterocycles. The first-order valence-corrected chi connectivity index (χ1v) is 50.5. The number of hydrogen-bond donors (Lipinski definition) is 2. The molecular formula is C122H92BBr4N15O3. The minimum absolute atomic E-state index is 0.0974. The van der Waals surface area contributed by atoms with E-state index < -0.39 is 7.12 Å². The Morgan fingerprint density at radius 2 is 0.662 bits per heavy atom. The molecule has 704 valence electrons. The third kappa shape index (κ3) is 20.3. The van der Waals surface area contributed by atoms with Crippen molar-refractivity contribution < 1.29 is 14.1 Å². The van der Waals surface area contributed by atoms with Gasteiger partial charge in [-0.3, -0.25) is 4.79 Å². The van der Waals surface area contributed by atoms with Crippen molar-refractivity contribution in [2.75, 3.05) is 11.5 Å². The molecule has 0 spiro atoms. The van der Waals surface area contributed by atoms with Gasteiger partial charge in [-0.1, -0.05) is 311 Å². The zero-order chi connectivity index (χ0) is 99.2. The van der Waals surface area contributed by atoms with Crippen molar-refractivity contribution in [3.63, 3.8) is 0 Å². The Morgan fingerprint density at radius 1 is 0.310 bits per heavy atom. The van der Waals surface area contributed by atoms with Crippen LogP contribution in [0.3, 0.4) is 0 Å². The van der Waals surface area contributed by atoms with Crippen LogP contribution < -0.4 is 16.9 Å². The molecule has 0 atom stereocenters. The Kier molecular flexibility index (Phi) is 27.3. The van der Waals surface area contributed by atoms with Crippen LogP contribution in [0.25, 0.3) is 173 Å². The average Bonchev–Trinajstić information content (AvgIpc) is 1.72. The monoisotopic (exact) mass is 2140 g/mol. The summed E-state index contributed by atoms with van der Waals surface area (Å²) in [6, 6.07) is 128. The van der Waals surface area contributed by atoms with Crippen molar-refractivity contribution in [1.29, 1.82) is 0 Å². The van der Waals surface area contributed by atoms with E-state index in [-0.39, 0.29) is 17.0 Å². The Bertz CT molecular complexity index is 8990. The van der Waals surface area contributed by atoms with Gasteiger partial charge >= 0.3 is 7.12 Å². The third-order valence-corrected chi connectivity index (χ3v) is 28.4. The van der Waals surface area contributed by atoms with Crippen molar-refractivity contribution in [2.24, 2.45) is 0 Å². The zero-order valence-corrected chi connectivity index (χ0v) is 85.6. The molecular weight excluding hydrogens is 2050 g/mol. The van der Waals surface area contributed by atoms with E-state index in [1.807, 2.05) is 257 Å². The van der Waals surface area contributed by atoms with Crippen LogP contribution >= 0.6 is 63.7 Å². The molecule has 25 aromatic rings. The van der Waals surface area contributed by atoms with Crippen molar-refractivity contribution >= 4 is 165 Å². The van der Waals surface area contributed by atoms with E-state index in [0.717, 1.165) is 207 Å². The predicted molar refractivity (Wildman–Crippen MR) is 605 cm³/mol. The largest absolute Gasteiger partial charge is 0.494 e. The highest BCUT2D eigenvalue weighted by Gasteiger charge is 2.52. The van der Waals surface area contributed by atoms with Gasteiger partial charge < -0.3 is 42.8 Å². The molecule has 0 unspecified atom stereocenters. The molecule has 13 aromatic heterocycles. The van der Waals surface area contributed by atoms with Gasteiger partial charge in [0.2, 0.25) is 0 Å². The van der Waals surface area contributed by atoms with E-state index in [2.05, 4.69) is 311 Å². The number of fused-ring (bicyclic) bond motifs is 13. The molecule has 1 aliphatic rings. The number of rotatable bonds is 13. The van der Waals surface area contributed by atoms with Gasteiger partial charge in [0, 0.05) is 183 Å². The lowest BCUT2D eigenvalue weighted by Crippen LogP contribution is -2.41. The number of carbonyl (C=O) groups is 1. The minimum Gasteiger partial charge on any atom is -0.399 e. The van der Waals surface area contributed by atoms with Crippen LogP contribution in [0.15, 0.2) is 468 Å². The number of imidazole rings is 5. The van der Waals surface area contributed by atoms with E-state index in [9.17, 15) is 4.79 Å². The normalized spacial score (nSPS) is 12.4. The Labute approximate surface area is 871 Å². The summed E-state index contributed by atoms with van der Waals surface area (Å²) < 4.78 is 26.7. The highest BCUT2D eigenvalue weighted by atomic mass is 79.9. The Balaban J connectivity index is 0.000000107. The molecule has 1 aliphatic heterocycles. The highest BCUT2D eigenvalue weighted by molar-refractivity contribution is 9.11. The van der Waals surface area contributed by atoms with Crippen LogP contribution in [-0.4, -0.2) is 86.0 Å². The molecule has 0 aliphatic carbocycles. The number of halogens is 4. The van der Waals surface area contributed by atoms with Gasteiger partial charge in [-0.25, -0.2) is 39.9 Å². The molecule has 0 amide bonds. The topological polar surface area (TPSA) is 213 Å². The zero-order valence-electron chi connectivity index (χ0n) is 79.2. The molecule has 23 heteroatoms. The highest BCUT2D eigenvalue weighted by Crippen LogP contribution is 2.42. The summed E-state index contributed by atoms with van der Waals surface area (Å²) >= 11 is 13.7. The van der Waals surface area contributed by atoms with Crippen LogP contribution in [0.1, 0.15) is 43.6 Å². The fourth-order valence-corrected chi connectivity index (χ4v) is 19.2. The summed E-state index contributed by atoms with van der Waals surface area (Å²) in [6.07, 6.45) is 22.5. The number of para-hydroxylation sites is 3. The summed E-state index contributed by atoms with van der Waals surface area (Å²) in [7, 11) is -0.392. The lowest BCUT2D eigenvalue weighted by molar-refractivity contribution is 0.00578. The SMILES string of the molecule is Brc1ccc(-c2nc3ccccc3c3c2ccn2cc(-c4ccccc4)nc32)cc1.Brc1cccn2cc(-c3ccccc3)nc12.CC1(C)OB(c2ccc(-c3nc4ccccc4c4c3ccn3cc(-c5ccccc5)nc43)cc2)OC1(C)C.Nc1ccccc1-c1cccn2cc(-c3ccccc3)nc12.Nc1ncccc1Br.O=C(Cc1ccccc1-c1cccn2cc(-c3ccccc3)nc12)c1ccc(Br)cc1. The quantitative estimate of drug-likeness (QED) is 0.0476. The van der Waals surface area contributed by atoms with Crippen LogP contribution in [-0.2, 0) is 15.7 Å². The molecule has 18 nitrogen and oxygen atoms in total. The van der Waals surface area contributed by atoms with Crippen LogP contribution in [0.2, 0.25) is 0 Å². The molecule has 1 fully saturated rings. The number of anilines is 2. The van der Waals surface area contributed by atoms with Crippen molar-refractivity contribution in [3.8, 4) is 101 Å². The van der Waals surface area contributed by atoms with E-state index in [1.54, 1.807) is 6.20 Å². The van der Waals surface area contributed by atoms with Gasteiger partial charge in [0.15, 0.2) is 11.4 Å². The van der Waals surface area contributed by atoms with Crippen molar-refractivity contribution in [1.82, 2.24) is 61.9 Å². The number of nitrogens with zero attached hydrogens (tertiary/aromatic N) is 13. The Hall–Kier alpha value is -16.2. The van der Waals surface area contributed by atoms with Crippen LogP contribution in [0, 0.1) is 0 Å². The second-order valence-electron chi connectivity index (χ2n) is 35.9. The number of carbonyl (C=O) groups excluding carboxylic acids is 1. The number of aromatic nitrogens is 13. The van der Waals surface area contributed by atoms with E-state index >= 15 is 0 Å². The summed E-state index contributed by atoms with van der Waals surface area (Å²) in [5, 5.41) is 6.62. The number of ketones is 1. The molecule has 4 N–H and O–H groups in total. The smallest absolute Gasteiger partial charge is 0.399 e. The standard InChI is InChI=1S/C32H28BN3O2.C27H19BrN2O.C26H16BrN3.C19H15N3.C13H9BrN2.C5H5BrN2/c1-31(2)32(3,4)38-33(37-31)23-16-14-22(15-17-23)29-25-18-19-36-20-27(21-10-6-5-7-11-21)35-30(36)28(25)24-12-8-9-13-26(24)34-29;28-22-14-12-20(13-15-22)26(31)17-21-9-4-5-10-23(21)24-11-6-16-30-18-25(29-27(24)30)19-7-2-1-3-8-19;27-19-12-10-18(11-13-19)25-21-14-15-30-16-23(17-6-2-1-3-7-17)29-26(30)24(21)20-8-4-5-9-22(20)28-25;20-17-11-5-4-9-15(17)16-10-6-12-22-13-18(21-19(16)22)14-7-2-1-3-8-14;14-11-7-4-8-16-9-12(15-13(11)16)10-5-2-1-3-6-10;6-4-2-1-3-8-5(4)7/h5-20H,1-4H3;1-16,18H,17H2;1-16H;1-13H,20H2;1-9H;1-3H,(H2,7,8). The minimum atomic E-state index is -0.392. The maximum absolute atomic E-state index is 12.9. The first-order chi connectivity index (χ1) is 70.7. The number of nitrogen functional groups attached to an aromatic ring is 2. The van der Waals surface area contributed by atoms with E-state index in [1.165, 1.54) is 0 Å². The second kappa shape index (κ2) is 41.7. The molecule has 12 aromatic carbocycles. The van der Waals surface area contributed by atoms with Crippen LogP contribution in [0.4, 0.5) is 11.5 Å². The van der Waals surface area contributed by atoms with Gasteiger partial charge in [0.05, 0.1) is 71.0 Å². The first-order valence-electron chi connectivity index (χ1n) is 47.3. The van der Waals surface area contributed by atoms with E-state index in [4.69, 9.17) is 50.7 Å². The molecule has 0 radical (unpaired) electrons. The molecule has 0 saturated carbocycles. The molecule has 26 rings (SSSR count). The van der Waals surface area contributed by atoms with Gasteiger partial charge in [0.1, 0.15) is 28.4 Å². The van der Waals surface area contributed by atoms with Crippen LogP contribution in [0.5, 0.6) is 0 Å². The maximum atomic E-state index is 12.9.